The van der Waals surface area contributed by atoms with Gasteiger partial charge in [-0.15, -0.1) is 0 Å². The molecule has 0 saturated heterocycles. The first kappa shape index (κ1) is 16.5. The molecule has 7 heteroatoms. The average Bonchev–Trinajstić information content (AvgIpc) is 2.45. The highest BCUT2D eigenvalue weighted by molar-refractivity contribution is 7.80. The number of aliphatic imine (C=N–C) groups is 1. The molecule has 22 heavy (non-hydrogen) atoms. The van der Waals surface area contributed by atoms with Crippen molar-refractivity contribution in [1.82, 2.24) is 10.2 Å². The number of hydrogen-bond donors (Lipinski definition) is 1. The maximum Gasteiger partial charge on any atom is 0.251 e. The molecule has 1 N–H and O–H groups in total. The lowest BCUT2D eigenvalue weighted by molar-refractivity contribution is -0.129. The fourth-order valence-corrected chi connectivity index (χ4v) is 2.50. The maximum absolute atomic E-state index is 12.5. The van der Waals surface area contributed by atoms with Gasteiger partial charge in [0, 0.05) is 18.7 Å². The summed E-state index contributed by atoms with van der Waals surface area (Å²) in [5, 5.41) is 3.02. The molecule has 0 aromatic carbocycles. The van der Waals surface area contributed by atoms with Crippen molar-refractivity contribution in [3.63, 3.8) is 0 Å². The van der Waals surface area contributed by atoms with Crippen LogP contribution in [0.5, 0.6) is 0 Å². The summed E-state index contributed by atoms with van der Waals surface area (Å²) >= 11 is 5.17. The fraction of sp³-hybridized carbons (Fsp3) is 0.467. The zero-order valence-electron chi connectivity index (χ0n) is 12.8. The number of carbonyl (C=O) groups excluding carboxylic acids is 2. The number of methoxy groups -OCH3 is 1. The third kappa shape index (κ3) is 3.48. The minimum atomic E-state index is -0.487. The number of carbonyl (C=O) groups is 2. The van der Waals surface area contributed by atoms with Gasteiger partial charge in [0.05, 0.1) is 24.8 Å². The number of rotatable bonds is 5. The Bertz CT molecular complexity index is 593. The van der Waals surface area contributed by atoms with Crippen LogP contribution < -0.4 is 5.32 Å². The van der Waals surface area contributed by atoms with Gasteiger partial charge in [-0.1, -0.05) is 12.2 Å². The number of ether oxygens (including phenoxy) is 1. The highest BCUT2D eigenvalue weighted by atomic mass is 32.1. The molecule has 0 aromatic rings. The van der Waals surface area contributed by atoms with Crippen molar-refractivity contribution in [3.05, 3.63) is 23.8 Å². The molecule has 1 aliphatic carbocycles. The van der Waals surface area contributed by atoms with E-state index in [9.17, 15) is 9.59 Å². The summed E-state index contributed by atoms with van der Waals surface area (Å²) in [6.45, 7) is 4.54. The van der Waals surface area contributed by atoms with E-state index in [1.165, 1.54) is 4.90 Å². The van der Waals surface area contributed by atoms with Gasteiger partial charge in [0.1, 0.15) is 0 Å². The molecule has 0 aromatic heterocycles. The van der Waals surface area contributed by atoms with Crippen LogP contribution in [0.4, 0.5) is 0 Å². The van der Waals surface area contributed by atoms with E-state index < -0.39 is 5.92 Å². The van der Waals surface area contributed by atoms with Crippen molar-refractivity contribution >= 4 is 34.9 Å². The molecule has 1 unspecified atom stereocenters. The van der Waals surface area contributed by atoms with E-state index in [1.807, 2.05) is 13.8 Å². The molecule has 6 nitrogen and oxygen atoms in total. The molecule has 0 bridgehead atoms. The van der Waals surface area contributed by atoms with Gasteiger partial charge in [-0.2, -0.15) is 0 Å². The number of hydrogen-bond acceptors (Lipinski definition) is 4. The van der Waals surface area contributed by atoms with Crippen LogP contribution in [0, 0.1) is 5.92 Å². The number of fused-ring (bicyclic) bond motifs is 1. The number of nitrogens with one attached hydrogen (secondary N) is 1. The van der Waals surface area contributed by atoms with E-state index in [-0.39, 0.29) is 23.0 Å². The lowest BCUT2D eigenvalue weighted by Crippen LogP contribution is -2.47. The second kappa shape index (κ2) is 6.93. The fourth-order valence-electron chi connectivity index (χ4n) is 2.21. The second-order valence-electron chi connectivity index (χ2n) is 5.37. The summed E-state index contributed by atoms with van der Waals surface area (Å²) in [6, 6.07) is 0.0417. The largest absolute Gasteiger partial charge is 0.383 e. The molecule has 1 aliphatic heterocycles. The summed E-state index contributed by atoms with van der Waals surface area (Å²) in [6.07, 6.45) is 4.97. The number of allylic oxidation sites excluding steroid dienone is 1. The van der Waals surface area contributed by atoms with Gasteiger partial charge in [0.2, 0.25) is 11.0 Å². The molecular formula is C15H19N3O3S. The molecule has 0 spiro atoms. The maximum atomic E-state index is 12.5. The van der Waals surface area contributed by atoms with Crippen molar-refractivity contribution in [2.24, 2.45) is 10.9 Å². The third-order valence-electron chi connectivity index (χ3n) is 3.28. The van der Waals surface area contributed by atoms with E-state index in [0.29, 0.717) is 24.4 Å². The topological polar surface area (TPSA) is 71.0 Å². The highest BCUT2D eigenvalue weighted by Gasteiger charge is 2.34. The first-order valence-electron chi connectivity index (χ1n) is 7.07. The summed E-state index contributed by atoms with van der Waals surface area (Å²) in [5.74, 6) is -0.811. The predicted molar refractivity (Wildman–Crippen MR) is 87.6 cm³/mol. The lowest BCUT2D eigenvalue weighted by atomic mass is 9.91. The minimum Gasteiger partial charge on any atom is -0.383 e. The molecule has 0 radical (unpaired) electrons. The van der Waals surface area contributed by atoms with Crippen molar-refractivity contribution in [1.29, 1.82) is 0 Å². The standard InChI is InChI=1S/C15H19N3O3S/c1-9(2)16-13(19)10-4-5-11-12(8-10)17-15(22)18(14(11)20)6-7-21-3/h4-5,8-9,11H,6-7H2,1-3H3,(H,16,19). The van der Waals surface area contributed by atoms with E-state index in [1.54, 1.807) is 25.3 Å². The molecule has 2 aliphatic rings. The first-order valence-corrected chi connectivity index (χ1v) is 7.48. The lowest BCUT2D eigenvalue weighted by Gasteiger charge is -2.30. The van der Waals surface area contributed by atoms with Crippen LogP contribution in [0.2, 0.25) is 0 Å². The van der Waals surface area contributed by atoms with Gasteiger partial charge in [0.15, 0.2) is 0 Å². The molecule has 2 rings (SSSR count). The highest BCUT2D eigenvalue weighted by Crippen LogP contribution is 2.22. The second-order valence-corrected chi connectivity index (χ2v) is 5.73. The van der Waals surface area contributed by atoms with E-state index >= 15 is 0 Å². The van der Waals surface area contributed by atoms with Crippen molar-refractivity contribution < 1.29 is 14.3 Å². The summed E-state index contributed by atoms with van der Waals surface area (Å²) < 4.78 is 4.98. The van der Waals surface area contributed by atoms with Gasteiger partial charge >= 0.3 is 0 Å². The van der Waals surface area contributed by atoms with Gasteiger partial charge in [0.25, 0.3) is 5.91 Å². The Morgan fingerprint density at radius 1 is 1.55 bits per heavy atom. The summed E-state index contributed by atoms with van der Waals surface area (Å²) in [4.78, 5) is 30.2. The van der Waals surface area contributed by atoms with Gasteiger partial charge in [-0.05, 0) is 32.1 Å². The van der Waals surface area contributed by atoms with E-state index in [0.717, 1.165) is 0 Å². The molecular weight excluding hydrogens is 302 g/mol. The number of amides is 2. The molecule has 2 amide bonds. The van der Waals surface area contributed by atoms with Gasteiger partial charge < -0.3 is 10.1 Å². The predicted octanol–water partition coefficient (Wildman–Crippen LogP) is 0.838. The minimum absolute atomic E-state index is 0.0417. The Labute approximate surface area is 134 Å². The molecule has 1 atom stereocenters. The molecule has 0 saturated carbocycles. The molecule has 0 fully saturated rings. The van der Waals surface area contributed by atoms with Crippen LogP contribution in [-0.2, 0) is 14.3 Å². The van der Waals surface area contributed by atoms with Gasteiger partial charge in [-0.25, -0.2) is 4.99 Å². The first-order chi connectivity index (χ1) is 10.4. The van der Waals surface area contributed by atoms with E-state index in [2.05, 4.69) is 10.3 Å². The Morgan fingerprint density at radius 3 is 2.91 bits per heavy atom. The quantitative estimate of drug-likeness (QED) is 0.762. The van der Waals surface area contributed by atoms with Crippen LogP contribution in [0.25, 0.3) is 0 Å². The number of thiocarbonyl (C=S) groups is 1. The third-order valence-corrected chi connectivity index (χ3v) is 3.59. The van der Waals surface area contributed by atoms with Crippen LogP contribution in [0.15, 0.2) is 28.8 Å². The van der Waals surface area contributed by atoms with Crippen LogP contribution in [-0.4, -0.2) is 53.8 Å². The zero-order chi connectivity index (χ0) is 16.3. The summed E-state index contributed by atoms with van der Waals surface area (Å²) in [7, 11) is 1.56. The average molecular weight is 321 g/mol. The Balaban J connectivity index is 2.21. The Morgan fingerprint density at radius 2 is 2.27 bits per heavy atom. The Kier molecular flexibility index (Phi) is 5.20. The SMILES string of the molecule is COCCN1C(=O)C2C=CC(C(=O)NC(C)C)=CC2=NC1=S. The summed E-state index contributed by atoms with van der Waals surface area (Å²) in [5.41, 5.74) is 0.990. The van der Waals surface area contributed by atoms with Crippen molar-refractivity contribution in [3.8, 4) is 0 Å². The monoisotopic (exact) mass is 321 g/mol. The smallest absolute Gasteiger partial charge is 0.251 e. The van der Waals surface area contributed by atoms with Crippen molar-refractivity contribution in [2.45, 2.75) is 19.9 Å². The van der Waals surface area contributed by atoms with Crippen LogP contribution in [0.1, 0.15) is 13.8 Å². The normalized spacial score (nSPS) is 20.7. The Hall–Kier alpha value is -1.86. The van der Waals surface area contributed by atoms with Crippen LogP contribution >= 0.6 is 12.2 Å². The zero-order valence-corrected chi connectivity index (χ0v) is 13.6. The molecule has 118 valence electrons. The number of nitrogens with zero attached hydrogens (tertiary/aromatic N) is 2. The molecule has 1 heterocycles. The van der Waals surface area contributed by atoms with E-state index in [4.69, 9.17) is 17.0 Å². The van der Waals surface area contributed by atoms with Gasteiger partial charge in [-0.3, -0.25) is 14.5 Å². The van der Waals surface area contributed by atoms with Crippen molar-refractivity contribution in [2.75, 3.05) is 20.3 Å². The van der Waals surface area contributed by atoms with Crippen LogP contribution in [0.3, 0.4) is 0 Å².